The van der Waals surface area contributed by atoms with E-state index in [0.717, 1.165) is 51.6 Å². The van der Waals surface area contributed by atoms with Crippen LogP contribution in [-0.4, -0.2) is 61.0 Å². The fourth-order valence-electron chi connectivity index (χ4n) is 2.65. The van der Waals surface area contributed by atoms with Crippen molar-refractivity contribution < 1.29 is 19.4 Å². The zero-order valence-corrected chi connectivity index (χ0v) is 10.4. The average molecular weight is 243 g/mol. The van der Waals surface area contributed by atoms with Crippen LogP contribution in [0.2, 0.25) is 0 Å². The van der Waals surface area contributed by atoms with Gasteiger partial charge >= 0.3 is 5.97 Å². The van der Waals surface area contributed by atoms with Gasteiger partial charge in [0.2, 0.25) is 0 Å². The lowest BCUT2D eigenvalue weighted by Crippen LogP contribution is -2.62. The van der Waals surface area contributed by atoms with Crippen molar-refractivity contribution in [3.05, 3.63) is 0 Å². The van der Waals surface area contributed by atoms with Gasteiger partial charge in [-0.25, -0.2) is 4.79 Å². The summed E-state index contributed by atoms with van der Waals surface area (Å²) in [6, 6.07) is 0. The van der Waals surface area contributed by atoms with Gasteiger partial charge in [0.05, 0.1) is 5.60 Å². The first kappa shape index (κ1) is 12.8. The minimum atomic E-state index is -0.894. The molecule has 2 rings (SSSR count). The lowest BCUT2D eigenvalue weighted by Gasteiger charge is -2.48. The zero-order valence-electron chi connectivity index (χ0n) is 10.4. The number of carboxylic acid groups (broad SMARTS) is 1. The first-order chi connectivity index (χ1) is 8.07. The van der Waals surface area contributed by atoms with Crippen LogP contribution in [0, 0.1) is 5.92 Å². The van der Waals surface area contributed by atoms with Crippen LogP contribution < -0.4 is 0 Å². The van der Waals surface area contributed by atoms with Gasteiger partial charge in [-0.3, -0.25) is 4.90 Å². The SMILES string of the molecule is CC1(OCC(=O)O)CN(CC2CCOCC2)C1. The second-order valence-electron chi connectivity index (χ2n) is 5.36. The van der Waals surface area contributed by atoms with Gasteiger partial charge in [-0.05, 0) is 25.7 Å². The molecule has 0 atom stereocenters. The number of ether oxygens (including phenoxy) is 2. The average Bonchev–Trinajstić information content (AvgIpc) is 2.26. The molecule has 0 aliphatic carbocycles. The summed E-state index contributed by atoms with van der Waals surface area (Å²) in [5.74, 6) is -0.165. The van der Waals surface area contributed by atoms with E-state index in [1.807, 2.05) is 6.92 Å². The van der Waals surface area contributed by atoms with Crippen LogP contribution in [0.15, 0.2) is 0 Å². The maximum atomic E-state index is 10.4. The fourth-order valence-corrected chi connectivity index (χ4v) is 2.65. The minimum absolute atomic E-state index is 0.193. The van der Waals surface area contributed by atoms with Crippen LogP contribution in [-0.2, 0) is 14.3 Å². The summed E-state index contributed by atoms with van der Waals surface area (Å²) in [5.41, 5.74) is -0.260. The van der Waals surface area contributed by atoms with Gasteiger partial charge < -0.3 is 14.6 Å². The summed E-state index contributed by atoms with van der Waals surface area (Å²) in [6.07, 6.45) is 2.28. The van der Waals surface area contributed by atoms with E-state index in [0.29, 0.717) is 0 Å². The molecule has 0 spiro atoms. The highest BCUT2D eigenvalue weighted by molar-refractivity contribution is 5.68. The summed E-state index contributed by atoms with van der Waals surface area (Å²) in [6.45, 7) is 6.33. The molecule has 0 aromatic heterocycles. The molecule has 2 saturated heterocycles. The Labute approximate surface area is 102 Å². The molecule has 2 aliphatic rings. The highest BCUT2D eigenvalue weighted by Gasteiger charge is 2.40. The van der Waals surface area contributed by atoms with Crippen LogP contribution in [0.25, 0.3) is 0 Å². The molecule has 0 aromatic carbocycles. The van der Waals surface area contributed by atoms with Crippen LogP contribution in [0.5, 0.6) is 0 Å². The van der Waals surface area contributed by atoms with E-state index in [2.05, 4.69) is 4.90 Å². The van der Waals surface area contributed by atoms with Crippen molar-refractivity contribution in [3.8, 4) is 0 Å². The molecule has 0 aromatic rings. The number of carboxylic acids is 1. The Morgan fingerprint density at radius 3 is 2.71 bits per heavy atom. The topological polar surface area (TPSA) is 59.0 Å². The number of nitrogens with zero attached hydrogens (tertiary/aromatic N) is 1. The largest absolute Gasteiger partial charge is 0.480 e. The van der Waals surface area contributed by atoms with E-state index in [1.165, 1.54) is 0 Å². The molecule has 0 bridgehead atoms. The molecule has 2 aliphatic heterocycles. The van der Waals surface area contributed by atoms with Gasteiger partial charge in [0.25, 0.3) is 0 Å². The van der Waals surface area contributed by atoms with Crippen molar-refractivity contribution in [1.29, 1.82) is 0 Å². The van der Waals surface area contributed by atoms with E-state index < -0.39 is 5.97 Å². The Balaban J connectivity index is 1.65. The summed E-state index contributed by atoms with van der Waals surface area (Å²) in [5, 5.41) is 8.57. The molecule has 0 radical (unpaired) electrons. The molecule has 2 heterocycles. The standard InChI is InChI=1S/C12H21NO4/c1-12(17-7-11(14)15)8-13(9-12)6-10-2-4-16-5-3-10/h10H,2-9H2,1H3,(H,14,15). The Bertz CT molecular complexity index is 270. The summed E-state index contributed by atoms with van der Waals surface area (Å²) >= 11 is 0. The molecule has 0 amide bonds. The number of rotatable bonds is 5. The maximum absolute atomic E-state index is 10.4. The number of carbonyl (C=O) groups is 1. The normalized spacial score (nSPS) is 25.5. The van der Waals surface area contributed by atoms with Crippen LogP contribution in [0.4, 0.5) is 0 Å². The van der Waals surface area contributed by atoms with Crippen molar-refractivity contribution >= 4 is 5.97 Å². The Morgan fingerprint density at radius 1 is 1.47 bits per heavy atom. The van der Waals surface area contributed by atoms with Gasteiger partial charge in [0, 0.05) is 32.8 Å². The van der Waals surface area contributed by atoms with Crippen molar-refractivity contribution in [3.63, 3.8) is 0 Å². The highest BCUT2D eigenvalue weighted by Crippen LogP contribution is 2.27. The molecule has 0 saturated carbocycles. The van der Waals surface area contributed by atoms with Crippen LogP contribution in [0.1, 0.15) is 19.8 Å². The summed E-state index contributed by atoms with van der Waals surface area (Å²) in [7, 11) is 0. The van der Waals surface area contributed by atoms with Crippen LogP contribution >= 0.6 is 0 Å². The van der Waals surface area contributed by atoms with E-state index in [4.69, 9.17) is 14.6 Å². The molecule has 2 fully saturated rings. The van der Waals surface area contributed by atoms with Crippen molar-refractivity contribution in [2.45, 2.75) is 25.4 Å². The lowest BCUT2D eigenvalue weighted by molar-refractivity contribution is -0.166. The predicted molar refractivity (Wildman–Crippen MR) is 62.0 cm³/mol. The zero-order chi connectivity index (χ0) is 12.3. The molecule has 0 unspecified atom stereocenters. The monoisotopic (exact) mass is 243 g/mol. The fraction of sp³-hybridized carbons (Fsp3) is 0.917. The highest BCUT2D eigenvalue weighted by atomic mass is 16.5. The lowest BCUT2D eigenvalue weighted by atomic mass is 9.92. The Hall–Kier alpha value is -0.650. The van der Waals surface area contributed by atoms with Crippen molar-refractivity contribution in [2.24, 2.45) is 5.92 Å². The molecule has 5 nitrogen and oxygen atoms in total. The molecular weight excluding hydrogens is 222 g/mol. The molecule has 5 heteroatoms. The van der Waals surface area contributed by atoms with E-state index in [9.17, 15) is 4.79 Å². The molecule has 98 valence electrons. The van der Waals surface area contributed by atoms with Gasteiger partial charge in [0.15, 0.2) is 0 Å². The Morgan fingerprint density at radius 2 is 2.12 bits per heavy atom. The first-order valence-corrected chi connectivity index (χ1v) is 6.23. The first-order valence-electron chi connectivity index (χ1n) is 6.23. The number of aliphatic carboxylic acids is 1. The van der Waals surface area contributed by atoms with Crippen molar-refractivity contribution in [2.75, 3.05) is 39.5 Å². The number of hydrogen-bond donors (Lipinski definition) is 1. The third-order valence-corrected chi connectivity index (χ3v) is 3.52. The summed E-state index contributed by atoms with van der Waals surface area (Å²) in [4.78, 5) is 12.8. The van der Waals surface area contributed by atoms with Gasteiger partial charge in [-0.15, -0.1) is 0 Å². The minimum Gasteiger partial charge on any atom is -0.480 e. The molecular formula is C12H21NO4. The number of hydrogen-bond acceptors (Lipinski definition) is 4. The van der Waals surface area contributed by atoms with E-state index in [-0.39, 0.29) is 12.2 Å². The third-order valence-electron chi connectivity index (χ3n) is 3.52. The van der Waals surface area contributed by atoms with Gasteiger partial charge in [0.1, 0.15) is 6.61 Å². The third kappa shape index (κ3) is 3.66. The Kier molecular flexibility index (Phi) is 4.01. The molecule has 1 N–H and O–H groups in total. The van der Waals surface area contributed by atoms with Crippen molar-refractivity contribution in [1.82, 2.24) is 4.90 Å². The predicted octanol–water partition coefficient (Wildman–Crippen LogP) is 0.589. The quantitative estimate of drug-likeness (QED) is 0.765. The smallest absolute Gasteiger partial charge is 0.329 e. The van der Waals surface area contributed by atoms with E-state index >= 15 is 0 Å². The van der Waals surface area contributed by atoms with E-state index in [1.54, 1.807) is 0 Å². The summed E-state index contributed by atoms with van der Waals surface area (Å²) < 4.78 is 10.7. The maximum Gasteiger partial charge on any atom is 0.329 e. The second kappa shape index (κ2) is 5.33. The second-order valence-corrected chi connectivity index (χ2v) is 5.36. The molecule has 17 heavy (non-hydrogen) atoms. The van der Waals surface area contributed by atoms with Gasteiger partial charge in [-0.1, -0.05) is 0 Å². The van der Waals surface area contributed by atoms with Crippen LogP contribution in [0.3, 0.4) is 0 Å². The number of likely N-dealkylation sites (tertiary alicyclic amines) is 1. The van der Waals surface area contributed by atoms with Gasteiger partial charge in [-0.2, -0.15) is 0 Å².